The van der Waals surface area contributed by atoms with Gasteiger partial charge in [-0.2, -0.15) is 5.26 Å². The molecule has 0 unspecified atom stereocenters. The van der Waals surface area contributed by atoms with Gasteiger partial charge in [0.1, 0.15) is 17.6 Å². The Bertz CT molecular complexity index is 708. The summed E-state index contributed by atoms with van der Waals surface area (Å²) in [6.45, 7) is 1.39. The second-order valence-electron chi connectivity index (χ2n) is 4.41. The summed E-state index contributed by atoms with van der Waals surface area (Å²) in [5, 5.41) is 11.5. The largest absolute Gasteiger partial charge is 0.482 e. The number of para-hydroxylation sites is 1. The average molecular weight is 284 g/mol. The van der Waals surface area contributed by atoms with E-state index in [1.807, 2.05) is 6.07 Å². The van der Waals surface area contributed by atoms with Gasteiger partial charge in [0.25, 0.3) is 5.91 Å². The van der Waals surface area contributed by atoms with Crippen molar-refractivity contribution in [2.24, 2.45) is 0 Å². The van der Waals surface area contributed by atoms with Crippen LogP contribution in [0.2, 0.25) is 0 Å². The average Bonchev–Trinajstić information content (AvgIpc) is 2.49. The number of hydrogen-bond acceptors (Lipinski definition) is 3. The van der Waals surface area contributed by atoms with E-state index in [1.54, 1.807) is 31.2 Å². The highest BCUT2D eigenvalue weighted by atomic mass is 19.1. The number of benzene rings is 2. The quantitative estimate of drug-likeness (QED) is 0.938. The third-order valence-electron chi connectivity index (χ3n) is 2.81. The Hall–Kier alpha value is -2.87. The van der Waals surface area contributed by atoms with E-state index in [2.05, 4.69) is 5.32 Å². The molecule has 0 bridgehead atoms. The molecule has 1 N–H and O–H groups in total. The zero-order chi connectivity index (χ0) is 15.2. The van der Waals surface area contributed by atoms with Crippen LogP contribution in [-0.4, -0.2) is 12.5 Å². The number of nitrogens with one attached hydrogen (secondary N) is 1. The Morgan fingerprint density at radius 3 is 2.81 bits per heavy atom. The summed E-state index contributed by atoms with van der Waals surface area (Å²) in [7, 11) is 0. The molecular formula is C16H13FN2O2. The molecule has 0 radical (unpaired) electrons. The van der Waals surface area contributed by atoms with Gasteiger partial charge in [-0.05, 0) is 42.8 Å². The van der Waals surface area contributed by atoms with Crippen molar-refractivity contribution in [3.63, 3.8) is 0 Å². The first-order chi connectivity index (χ1) is 10.1. The van der Waals surface area contributed by atoms with Crippen LogP contribution in [0, 0.1) is 24.1 Å². The number of ether oxygens (including phenoxy) is 1. The number of amides is 1. The Kier molecular flexibility index (Phi) is 4.52. The van der Waals surface area contributed by atoms with E-state index in [9.17, 15) is 9.18 Å². The van der Waals surface area contributed by atoms with Crippen LogP contribution in [0.25, 0.3) is 0 Å². The van der Waals surface area contributed by atoms with Gasteiger partial charge >= 0.3 is 0 Å². The third kappa shape index (κ3) is 3.80. The number of nitriles is 1. The molecular weight excluding hydrogens is 271 g/mol. The first-order valence-corrected chi connectivity index (χ1v) is 6.28. The summed E-state index contributed by atoms with van der Waals surface area (Å²) < 4.78 is 18.4. The van der Waals surface area contributed by atoms with Crippen molar-refractivity contribution in [1.29, 1.82) is 5.26 Å². The van der Waals surface area contributed by atoms with Crippen LogP contribution in [0.5, 0.6) is 5.75 Å². The summed E-state index contributed by atoms with van der Waals surface area (Å²) in [4.78, 5) is 11.8. The summed E-state index contributed by atoms with van der Waals surface area (Å²) in [5.41, 5.74) is 1.31. The molecule has 21 heavy (non-hydrogen) atoms. The minimum Gasteiger partial charge on any atom is -0.482 e. The molecule has 0 aliphatic carbocycles. The molecule has 4 nitrogen and oxygen atoms in total. The first kappa shape index (κ1) is 14.5. The predicted octanol–water partition coefficient (Wildman–Crippen LogP) is 3.02. The Balaban J connectivity index is 1.96. The zero-order valence-corrected chi connectivity index (χ0v) is 11.4. The van der Waals surface area contributed by atoms with Crippen LogP contribution in [0.15, 0.2) is 42.5 Å². The molecule has 106 valence electrons. The molecule has 0 atom stereocenters. The van der Waals surface area contributed by atoms with Gasteiger partial charge in [-0.3, -0.25) is 4.79 Å². The van der Waals surface area contributed by atoms with Gasteiger partial charge in [0.15, 0.2) is 6.61 Å². The lowest BCUT2D eigenvalue weighted by Crippen LogP contribution is -2.20. The Morgan fingerprint density at radius 1 is 1.33 bits per heavy atom. The molecule has 2 aromatic rings. The molecule has 5 heteroatoms. The van der Waals surface area contributed by atoms with Crippen molar-refractivity contribution in [2.45, 2.75) is 6.92 Å². The number of carbonyl (C=O) groups excluding carboxylic acids is 1. The summed E-state index contributed by atoms with van der Waals surface area (Å²) in [6, 6.07) is 12.9. The lowest BCUT2D eigenvalue weighted by Gasteiger charge is -2.09. The maximum atomic E-state index is 13.1. The molecule has 0 saturated carbocycles. The first-order valence-electron chi connectivity index (χ1n) is 6.28. The number of halogens is 1. The zero-order valence-electron chi connectivity index (χ0n) is 11.4. The monoisotopic (exact) mass is 284 g/mol. The summed E-state index contributed by atoms with van der Waals surface area (Å²) >= 11 is 0. The second-order valence-corrected chi connectivity index (χ2v) is 4.41. The van der Waals surface area contributed by atoms with E-state index in [1.165, 1.54) is 18.2 Å². The molecule has 0 aliphatic heterocycles. The molecule has 0 heterocycles. The number of hydrogen-bond donors (Lipinski definition) is 1. The molecule has 0 saturated heterocycles. The third-order valence-corrected chi connectivity index (χ3v) is 2.81. The molecule has 2 aromatic carbocycles. The normalized spacial score (nSPS) is 9.76. The number of aryl methyl sites for hydroxylation is 1. The van der Waals surface area contributed by atoms with E-state index in [-0.39, 0.29) is 18.3 Å². The lowest BCUT2D eigenvalue weighted by atomic mass is 10.2. The van der Waals surface area contributed by atoms with Crippen LogP contribution in [0.4, 0.5) is 10.1 Å². The smallest absolute Gasteiger partial charge is 0.262 e. The molecule has 0 aliphatic rings. The number of nitrogens with zero attached hydrogens (tertiary/aromatic N) is 1. The van der Waals surface area contributed by atoms with E-state index in [4.69, 9.17) is 10.00 Å². The van der Waals surface area contributed by atoms with Gasteiger partial charge in [-0.15, -0.1) is 0 Å². The van der Waals surface area contributed by atoms with Crippen molar-refractivity contribution in [3.8, 4) is 11.8 Å². The van der Waals surface area contributed by atoms with Crippen LogP contribution in [0.1, 0.15) is 11.1 Å². The van der Waals surface area contributed by atoms with E-state index in [0.717, 1.165) is 0 Å². The van der Waals surface area contributed by atoms with Crippen molar-refractivity contribution in [1.82, 2.24) is 0 Å². The van der Waals surface area contributed by atoms with Crippen LogP contribution < -0.4 is 10.1 Å². The van der Waals surface area contributed by atoms with Gasteiger partial charge in [0, 0.05) is 5.69 Å². The van der Waals surface area contributed by atoms with E-state index in [0.29, 0.717) is 22.6 Å². The lowest BCUT2D eigenvalue weighted by molar-refractivity contribution is -0.118. The van der Waals surface area contributed by atoms with Crippen LogP contribution in [0.3, 0.4) is 0 Å². The van der Waals surface area contributed by atoms with Crippen molar-refractivity contribution in [3.05, 3.63) is 59.4 Å². The van der Waals surface area contributed by atoms with Crippen molar-refractivity contribution in [2.75, 3.05) is 11.9 Å². The summed E-state index contributed by atoms with van der Waals surface area (Å²) in [6.07, 6.45) is 0. The highest BCUT2D eigenvalue weighted by Crippen LogP contribution is 2.17. The second kappa shape index (κ2) is 6.53. The van der Waals surface area contributed by atoms with Gasteiger partial charge in [0.05, 0.1) is 5.56 Å². The SMILES string of the molecule is Cc1cc(NC(=O)COc2ccccc2C#N)ccc1F. The minimum absolute atomic E-state index is 0.227. The highest BCUT2D eigenvalue weighted by Gasteiger charge is 2.07. The fraction of sp³-hybridized carbons (Fsp3) is 0.125. The number of anilines is 1. The predicted molar refractivity (Wildman–Crippen MR) is 76.4 cm³/mol. The number of carbonyl (C=O) groups is 1. The van der Waals surface area contributed by atoms with Crippen molar-refractivity contribution < 1.29 is 13.9 Å². The van der Waals surface area contributed by atoms with Gasteiger partial charge in [0.2, 0.25) is 0 Å². The maximum absolute atomic E-state index is 13.1. The van der Waals surface area contributed by atoms with Gasteiger partial charge in [-0.1, -0.05) is 12.1 Å². The van der Waals surface area contributed by atoms with Gasteiger partial charge < -0.3 is 10.1 Å². The maximum Gasteiger partial charge on any atom is 0.262 e. The van der Waals surface area contributed by atoms with Crippen molar-refractivity contribution >= 4 is 11.6 Å². The van der Waals surface area contributed by atoms with E-state index >= 15 is 0 Å². The van der Waals surface area contributed by atoms with Crippen LogP contribution in [-0.2, 0) is 4.79 Å². The minimum atomic E-state index is -0.381. The van der Waals surface area contributed by atoms with Gasteiger partial charge in [-0.25, -0.2) is 4.39 Å². The molecule has 0 aromatic heterocycles. The van der Waals surface area contributed by atoms with E-state index < -0.39 is 0 Å². The van der Waals surface area contributed by atoms with Crippen LogP contribution >= 0.6 is 0 Å². The standard InChI is InChI=1S/C16H13FN2O2/c1-11-8-13(6-7-14(11)17)19-16(20)10-21-15-5-3-2-4-12(15)9-18/h2-8H,10H2,1H3,(H,19,20). The Morgan fingerprint density at radius 2 is 2.10 bits per heavy atom. The Labute approximate surface area is 121 Å². The number of rotatable bonds is 4. The molecule has 2 rings (SSSR count). The highest BCUT2D eigenvalue weighted by molar-refractivity contribution is 5.91. The fourth-order valence-corrected chi connectivity index (χ4v) is 1.75. The molecule has 0 spiro atoms. The fourth-order valence-electron chi connectivity index (χ4n) is 1.75. The summed E-state index contributed by atoms with van der Waals surface area (Å²) in [5.74, 6) is -0.355. The molecule has 1 amide bonds. The topological polar surface area (TPSA) is 62.1 Å². The molecule has 0 fully saturated rings.